The van der Waals surface area contributed by atoms with E-state index in [9.17, 15) is 0 Å². The fraction of sp³-hybridized carbons (Fsp3) is 0.133. The average Bonchev–Trinajstić information content (AvgIpc) is 2.77. The number of hydrogen-bond acceptors (Lipinski definition) is 3. The highest BCUT2D eigenvalue weighted by Crippen LogP contribution is 2.32. The largest absolute Gasteiger partial charge is 0.494 e. The molecule has 0 saturated carbocycles. The summed E-state index contributed by atoms with van der Waals surface area (Å²) in [4.78, 5) is 4.43. The van der Waals surface area contributed by atoms with Crippen LogP contribution in [-0.2, 0) is 0 Å². The number of aromatic nitrogens is 2. The average molecular weight is 332 g/mol. The third-order valence-corrected chi connectivity index (χ3v) is 3.91. The van der Waals surface area contributed by atoms with E-state index in [0.29, 0.717) is 5.95 Å². The molecule has 0 amide bonds. The molecule has 1 heterocycles. The van der Waals surface area contributed by atoms with Crippen molar-refractivity contribution in [3.63, 3.8) is 0 Å². The highest BCUT2D eigenvalue weighted by molar-refractivity contribution is 9.10. The van der Waals surface area contributed by atoms with Crippen LogP contribution in [0, 0.1) is 6.92 Å². The van der Waals surface area contributed by atoms with Gasteiger partial charge in [0, 0.05) is 4.47 Å². The minimum absolute atomic E-state index is 0.441. The number of halogens is 1. The number of nitrogens with two attached hydrogens (primary N) is 1. The summed E-state index contributed by atoms with van der Waals surface area (Å²) in [6.45, 7) is 2.05. The van der Waals surface area contributed by atoms with Gasteiger partial charge in [-0.05, 0) is 52.7 Å². The SMILES string of the molecule is COc1cccc2c1nc(N)n2-c1cc(C)ccc1Br. The molecular weight excluding hydrogens is 318 g/mol. The zero-order chi connectivity index (χ0) is 14.3. The van der Waals surface area contributed by atoms with E-state index in [4.69, 9.17) is 10.5 Å². The number of nitrogen functional groups attached to an aromatic ring is 1. The fourth-order valence-electron chi connectivity index (χ4n) is 2.30. The van der Waals surface area contributed by atoms with Crippen molar-refractivity contribution < 1.29 is 4.74 Å². The normalized spacial score (nSPS) is 10.9. The fourth-order valence-corrected chi connectivity index (χ4v) is 2.73. The maximum absolute atomic E-state index is 6.10. The van der Waals surface area contributed by atoms with Crippen molar-refractivity contribution in [1.82, 2.24) is 9.55 Å². The van der Waals surface area contributed by atoms with Crippen LogP contribution < -0.4 is 10.5 Å². The molecule has 0 aliphatic rings. The second kappa shape index (κ2) is 4.83. The van der Waals surface area contributed by atoms with Gasteiger partial charge in [0.15, 0.2) is 0 Å². The maximum atomic E-state index is 6.10. The van der Waals surface area contributed by atoms with Crippen LogP contribution in [0.5, 0.6) is 5.75 Å². The van der Waals surface area contributed by atoms with E-state index in [0.717, 1.165) is 32.5 Å². The van der Waals surface area contributed by atoms with E-state index >= 15 is 0 Å². The van der Waals surface area contributed by atoms with Crippen molar-refractivity contribution in [3.8, 4) is 11.4 Å². The number of benzene rings is 2. The van der Waals surface area contributed by atoms with Crippen LogP contribution in [0.2, 0.25) is 0 Å². The molecule has 0 aliphatic heterocycles. The second-order valence-electron chi connectivity index (χ2n) is 4.59. The van der Waals surface area contributed by atoms with Gasteiger partial charge >= 0.3 is 0 Å². The van der Waals surface area contributed by atoms with Crippen molar-refractivity contribution in [3.05, 3.63) is 46.4 Å². The Bertz CT molecular complexity index is 795. The van der Waals surface area contributed by atoms with Crippen LogP contribution in [0.15, 0.2) is 40.9 Å². The maximum Gasteiger partial charge on any atom is 0.206 e. The first-order chi connectivity index (χ1) is 9.61. The molecule has 102 valence electrons. The summed E-state index contributed by atoms with van der Waals surface area (Å²) < 4.78 is 8.24. The predicted octanol–water partition coefficient (Wildman–Crippen LogP) is 3.69. The van der Waals surface area contributed by atoms with Gasteiger partial charge in [-0.3, -0.25) is 4.57 Å². The van der Waals surface area contributed by atoms with E-state index < -0.39 is 0 Å². The van der Waals surface area contributed by atoms with Crippen molar-refractivity contribution >= 4 is 32.9 Å². The number of methoxy groups -OCH3 is 1. The Balaban J connectivity index is 2.37. The molecule has 0 fully saturated rings. The Morgan fingerprint density at radius 2 is 2.05 bits per heavy atom. The Kier molecular flexibility index (Phi) is 3.14. The number of para-hydroxylation sites is 1. The van der Waals surface area contributed by atoms with Gasteiger partial charge in [0.25, 0.3) is 0 Å². The van der Waals surface area contributed by atoms with Crippen molar-refractivity contribution in [2.45, 2.75) is 6.92 Å². The first-order valence-electron chi connectivity index (χ1n) is 6.19. The Hall–Kier alpha value is -2.01. The summed E-state index contributed by atoms with van der Waals surface area (Å²) in [6, 6.07) is 11.9. The third-order valence-electron chi connectivity index (χ3n) is 3.24. The smallest absolute Gasteiger partial charge is 0.206 e. The summed E-state index contributed by atoms with van der Waals surface area (Å²) in [6.07, 6.45) is 0. The zero-order valence-corrected chi connectivity index (χ0v) is 12.8. The molecule has 0 unspecified atom stereocenters. The van der Waals surface area contributed by atoms with E-state index in [1.807, 2.05) is 41.8 Å². The molecule has 5 heteroatoms. The molecule has 1 aromatic heterocycles. The third kappa shape index (κ3) is 1.94. The van der Waals surface area contributed by atoms with Crippen molar-refractivity contribution in [2.75, 3.05) is 12.8 Å². The molecule has 3 rings (SSSR count). The number of fused-ring (bicyclic) bond motifs is 1. The standard InChI is InChI=1S/C15H14BrN3O/c1-9-6-7-10(16)12(8-9)19-11-4-3-5-13(20-2)14(11)18-15(19)17/h3-8H,1-2H3,(H2,17,18). The Morgan fingerprint density at radius 1 is 1.25 bits per heavy atom. The quantitative estimate of drug-likeness (QED) is 0.779. The van der Waals surface area contributed by atoms with Crippen LogP contribution in [0.3, 0.4) is 0 Å². The molecule has 0 atom stereocenters. The summed E-state index contributed by atoms with van der Waals surface area (Å²) in [5.41, 5.74) is 9.92. The van der Waals surface area contributed by atoms with Crippen molar-refractivity contribution in [2.24, 2.45) is 0 Å². The minimum Gasteiger partial charge on any atom is -0.494 e. The lowest BCUT2D eigenvalue weighted by atomic mass is 10.2. The lowest BCUT2D eigenvalue weighted by Crippen LogP contribution is -2.01. The summed E-state index contributed by atoms with van der Waals surface area (Å²) in [5, 5.41) is 0. The number of aryl methyl sites for hydroxylation is 1. The molecular formula is C15H14BrN3O. The summed E-state index contributed by atoms with van der Waals surface area (Å²) in [5.74, 6) is 1.16. The number of imidazole rings is 1. The molecule has 0 saturated heterocycles. The lowest BCUT2D eigenvalue weighted by molar-refractivity contribution is 0.419. The second-order valence-corrected chi connectivity index (χ2v) is 5.44. The van der Waals surface area contributed by atoms with Gasteiger partial charge in [0.1, 0.15) is 11.3 Å². The van der Waals surface area contributed by atoms with Gasteiger partial charge in [-0.25, -0.2) is 4.98 Å². The van der Waals surface area contributed by atoms with Crippen LogP contribution in [0.4, 0.5) is 5.95 Å². The first-order valence-corrected chi connectivity index (χ1v) is 6.98. The monoisotopic (exact) mass is 331 g/mol. The molecule has 0 bridgehead atoms. The molecule has 3 aromatic rings. The molecule has 0 spiro atoms. The minimum atomic E-state index is 0.441. The van der Waals surface area contributed by atoms with E-state index in [-0.39, 0.29) is 0 Å². The Morgan fingerprint density at radius 3 is 2.80 bits per heavy atom. The molecule has 0 radical (unpaired) electrons. The number of rotatable bonds is 2. The van der Waals surface area contributed by atoms with E-state index in [2.05, 4.69) is 27.0 Å². The highest BCUT2D eigenvalue weighted by atomic mass is 79.9. The van der Waals surface area contributed by atoms with Gasteiger partial charge in [0.2, 0.25) is 5.95 Å². The molecule has 2 aromatic carbocycles. The van der Waals surface area contributed by atoms with E-state index in [1.54, 1.807) is 7.11 Å². The van der Waals surface area contributed by atoms with Crippen LogP contribution in [-0.4, -0.2) is 16.7 Å². The van der Waals surface area contributed by atoms with E-state index in [1.165, 1.54) is 0 Å². The first kappa shape index (κ1) is 13.0. The predicted molar refractivity (Wildman–Crippen MR) is 84.5 cm³/mol. The number of ether oxygens (including phenoxy) is 1. The Labute approximate surface area is 125 Å². The molecule has 0 aliphatic carbocycles. The number of anilines is 1. The lowest BCUT2D eigenvalue weighted by Gasteiger charge is -2.10. The van der Waals surface area contributed by atoms with Gasteiger partial charge in [-0.15, -0.1) is 0 Å². The van der Waals surface area contributed by atoms with Crippen LogP contribution >= 0.6 is 15.9 Å². The topological polar surface area (TPSA) is 53.1 Å². The van der Waals surface area contributed by atoms with Gasteiger partial charge in [0.05, 0.1) is 18.3 Å². The molecule has 20 heavy (non-hydrogen) atoms. The number of nitrogens with zero attached hydrogens (tertiary/aromatic N) is 2. The highest BCUT2D eigenvalue weighted by Gasteiger charge is 2.15. The molecule has 2 N–H and O–H groups in total. The number of hydrogen-bond donors (Lipinski definition) is 1. The van der Waals surface area contributed by atoms with Crippen LogP contribution in [0.25, 0.3) is 16.7 Å². The molecule has 4 nitrogen and oxygen atoms in total. The zero-order valence-electron chi connectivity index (χ0n) is 11.2. The summed E-state index contributed by atoms with van der Waals surface area (Å²) >= 11 is 3.57. The van der Waals surface area contributed by atoms with Gasteiger partial charge < -0.3 is 10.5 Å². The summed E-state index contributed by atoms with van der Waals surface area (Å²) in [7, 11) is 1.63. The van der Waals surface area contributed by atoms with Gasteiger partial charge in [-0.1, -0.05) is 12.1 Å². The van der Waals surface area contributed by atoms with Crippen molar-refractivity contribution in [1.29, 1.82) is 0 Å². The van der Waals surface area contributed by atoms with Crippen LogP contribution in [0.1, 0.15) is 5.56 Å². The van der Waals surface area contributed by atoms with Gasteiger partial charge in [-0.2, -0.15) is 0 Å².